The van der Waals surface area contributed by atoms with Gasteiger partial charge in [-0.3, -0.25) is 0 Å². The zero-order valence-electron chi connectivity index (χ0n) is 11.4. The van der Waals surface area contributed by atoms with Gasteiger partial charge in [-0.05, 0) is 25.5 Å². The lowest BCUT2D eigenvalue weighted by atomic mass is 10.2. The highest BCUT2D eigenvalue weighted by atomic mass is 32.2. The standard InChI is InChI=1S/C11H17NO2S.C2H6/c1-4-9-12(3)15(13,14)11-7-5-10(2)6-8-11;1-2/h5-8H,4,9H2,1-3H3;1-2H3. The summed E-state index contributed by atoms with van der Waals surface area (Å²) in [4.78, 5) is 0.365. The van der Waals surface area contributed by atoms with Crippen molar-refractivity contribution in [2.75, 3.05) is 13.6 Å². The maximum Gasteiger partial charge on any atom is 0.242 e. The van der Waals surface area contributed by atoms with Crippen molar-refractivity contribution < 1.29 is 8.42 Å². The molecule has 0 fully saturated rings. The Labute approximate surface area is 106 Å². The first-order valence-electron chi connectivity index (χ1n) is 6.01. The molecule has 1 aromatic rings. The quantitative estimate of drug-likeness (QED) is 0.831. The fourth-order valence-electron chi connectivity index (χ4n) is 1.33. The highest BCUT2D eigenvalue weighted by Crippen LogP contribution is 2.14. The summed E-state index contributed by atoms with van der Waals surface area (Å²) in [6.45, 7) is 8.45. The minimum atomic E-state index is -3.28. The lowest BCUT2D eigenvalue weighted by molar-refractivity contribution is 0.468. The average molecular weight is 257 g/mol. The monoisotopic (exact) mass is 257 g/mol. The normalized spacial score (nSPS) is 10.9. The zero-order chi connectivity index (χ0) is 13.5. The topological polar surface area (TPSA) is 37.4 Å². The molecule has 98 valence electrons. The summed E-state index contributed by atoms with van der Waals surface area (Å²) in [6.07, 6.45) is 0.821. The van der Waals surface area contributed by atoms with Gasteiger partial charge in [0.05, 0.1) is 4.90 Å². The zero-order valence-corrected chi connectivity index (χ0v) is 12.2. The van der Waals surface area contributed by atoms with E-state index < -0.39 is 10.0 Å². The lowest BCUT2D eigenvalue weighted by Gasteiger charge is -2.16. The first-order chi connectivity index (χ1) is 7.98. The number of benzene rings is 1. The molecule has 1 aromatic carbocycles. The summed E-state index contributed by atoms with van der Waals surface area (Å²) >= 11 is 0. The highest BCUT2D eigenvalue weighted by Gasteiger charge is 2.19. The molecule has 0 N–H and O–H groups in total. The van der Waals surface area contributed by atoms with Gasteiger partial charge in [-0.25, -0.2) is 12.7 Å². The van der Waals surface area contributed by atoms with E-state index in [1.54, 1.807) is 19.2 Å². The van der Waals surface area contributed by atoms with Crippen molar-refractivity contribution in [2.24, 2.45) is 0 Å². The molecule has 0 aliphatic carbocycles. The molecule has 4 heteroatoms. The summed E-state index contributed by atoms with van der Waals surface area (Å²) in [5.74, 6) is 0. The molecule has 1 rings (SSSR count). The van der Waals surface area contributed by atoms with E-state index in [1.165, 1.54) is 4.31 Å². The Morgan fingerprint density at radius 2 is 1.59 bits per heavy atom. The van der Waals surface area contributed by atoms with Crippen LogP contribution in [0.4, 0.5) is 0 Å². The van der Waals surface area contributed by atoms with Crippen LogP contribution in [0.15, 0.2) is 29.2 Å². The van der Waals surface area contributed by atoms with E-state index in [4.69, 9.17) is 0 Å². The van der Waals surface area contributed by atoms with Gasteiger partial charge >= 0.3 is 0 Å². The van der Waals surface area contributed by atoms with Crippen LogP contribution >= 0.6 is 0 Å². The molecule has 0 radical (unpaired) electrons. The van der Waals surface area contributed by atoms with Crippen molar-refractivity contribution in [3.8, 4) is 0 Å². The van der Waals surface area contributed by atoms with Crippen LogP contribution in [0.1, 0.15) is 32.8 Å². The van der Waals surface area contributed by atoms with Gasteiger partial charge < -0.3 is 0 Å². The third kappa shape index (κ3) is 4.48. The van der Waals surface area contributed by atoms with Crippen LogP contribution in [0.2, 0.25) is 0 Å². The third-order valence-corrected chi connectivity index (χ3v) is 4.14. The van der Waals surface area contributed by atoms with Gasteiger partial charge in [0, 0.05) is 13.6 Å². The van der Waals surface area contributed by atoms with E-state index in [-0.39, 0.29) is 0 Å². The van der Waals surface area contributed by atoms with E-state index in [1.807, 2.05) is 39.8 Å². The van der Waals surface area contributed by atoms with Gasteiger partial charge in [-0.2, -0.15) is 0 Å². The van der Waals surface area contributed by atoms with E-state index in [9.17, 15) is 8.42 Å². The van der Waals surface area contributed by atoms with Gasteiger partial charge in [0.2, 0.25) is 10.0 Å². The van der Waals surface area contributed by atoms with Crippen LogP contribution in [-0.4, -0.2) is 26.3 Å². The molecule has 3 nitrogen and oxygen atoms in total. The van der Waals surface area contributed by atoms with Gasteiger partial charge in [-0.15, -0.1) is 0 Å². The largest absolute Gasteiger partial charge is 0.242 e. The predicted molar refractivity (Wildman–Crippen MR) is 72.6 cm³/mol. The van der Waals surface area contributed by atoms with E-state index in [0.717, 1.165) is 12.0 Å². The SMILES string of the molecule is CC.CCCN(C)S(=O)(=O)c1ccc(C)cc1. The first kappa shape index (κ1) is 16.1. The summed E-state index contributed by atoms with van der Waals surface area (Å²) < 4.78 is 25.3. The molecule has 17 heavy (non-hydrogen) atoms. The summed E-state index contributed by atoms with van der Waals surface area (Å²) in [5, 5.41) is 0. The average Bonchev–Trinajstić information content (AvgIpc) is 2.32. The number of rotatable bonds is 4. The first-order valence-corrected chi connectivity index (χ1v) is 7.45. The molecule has 0 heterocycles. The summed E-state index contributed by atoms with van der Waals surface area (Å²) in [5.41, 5.74) is 1.06. The molecule has 0 saturated heterocycles. The van der Waals surface area contributed by atoms with Gasteiger partial charge in [0.15, 0.2) is 0 Å². The predicted octanol–water partition coefficient (Wildman–Crippen LogP) is 3.05. The molecular weight excluding hydrogens is 234 g/mol. The fraction of sp³-hybridized carbons (Fsp3) is 0.538. The van der Waals surface area contributed by atoms with Crippen molar-refractivity contribution >= 4 is 10.0 Å². The van der Waals surface area contributed by atoms with Crippen LogP contribution in [-0.2, 0) is 10.0 Å². The lowest BCUT2D eigenvalue weighted by Crippen LogP contribution is -2.27. The van der Waals surface area contributed by atoms with E-state index in [0.29, 0.717) is 11.4 Å². The fourth-order valence-corrected chi connectivity index (χ4v) is 2.59. The minimum absolute atomic E-state index is 0.365. The Balaban J connectivity index is 0.00000121. The number of aryl methyl sites for hydroxylation is 1. The molecule has 0 amide bonds. The second kappa shape index (κ2) is 7.45. The number of hydrogen-bond acceptors (Lipinski definition) is 2. The molecule has 0 bridgehead atoms. The highest BCUT2D eigenvalue weighted by molar-refractivity contribution is 7.89. The third-order valence-electron chi connectivity index (χ3n) is 2.27. The van der Waals surface area contributed by atoms with Gasteiger partial charge in [-0.1, -0.05) is 38.5 Å². The van der Waals surface area contributed by atoms with Crippen LogP contribution in [0.5, 0.6) is 0 Å². The Morgan fingerprint density at radius 1 is 1.12 bits per heavy atom. The van der Waals surface area contributed by atoms with Crippen molar-refractivity contribution in [1.82, 2.24) is 4.31 Å². The maximum atomic E-state index is 12.0. The molecule has 0 aliphatic heterocycles. The summed E-state index contributed by atoms with van der Waals surface area (Å²) in [7, 11) is -1.67. The smallest absolute Gasteiger partial charge is 0.207 e. The van der Waals surface area contributed by atoms with Crippen LogP contribution in [0.3, 0.4) is 0 Å². The molecule has 0 unspecified atom stereocenters. The second-order valence-electron chi connectivity index (χ2n) is 3.64. The number of hydrogen-bond donors (Lipinski definition) is 0. The minimum Gasteiger partial charge on any atom is -0.207 e. The summed E-state index contributed by atoms with van der Waals surface area (Å²) in [6, 6.07) is 6.92. The van der Waals surface area contributed by atoms with Crippen molar-refractivity contribution in [1.29, 1.82) is 0 Å². The molecule has 0 aliphatic rings. The maximum absolute atomic E-state index is 12.0. The molecule has 0 spiro atoms. The molecule has 0 atom stereocenters. The van der Waals surface area contributed by atoms with Gasteiger partial charge in [0.25, 0.3) is 0 Å². The van der Waals surface area contributed by atoms with Crippen molar-refractivity contribution in [2.45, 2.75) is 39.0 Å². The Bertz CT molecular complexity index is 410. The Hall–Kier alpha value is -0.870. The van der Waals surface area contributed by atoms with Gasteiger partial charge in [0.1, 0.15) is 0 Å². The second-order valence-corrected chi connectivity index (χ2v) is 5.68. The molecular formula is C13H23NO2S. The van der Waals surface area contributed by atoms with Crippen molar-refractivity contribution in [3.05, 3.63) is 29.8 Å². The van der Waals surface area contributed by atoms with Crippen LogP contribution < -0.4 is 0 Å². The molecule has 0 aromatic heterocycles. The van der Waals surface area contributed by atoms with Crippen LogP contribution in [0.25, 0.3) is 0 Å². The van der Waals surface area contributed by atoms with E-state index >= 15 is 0 Å². The Morgan fingerprint density at radius 3 is 2.00 bits per heavy atom. The van der Waals surface area contributed by atoms with Crippen LogP contribution in [0, 0.1) is 6.92 Å². The van der Waals surface area contributed by atoms with Crippen molar-refractivity contribution in [3.63, 3.8) is 0 Å². The Kier molecular flexibility index (Phi) is 7.07. The number of sulfonamides is 1. The van der Waals surface area contributed by atoms with E-state index in [2.05, 4.69) is 0 Å². The molecule has 0 saturated carbocycles. The number of nitrogens with zero attached hydrogens (tertiary/aromatic N) is 1.